The predicted molar refractivity (Wildman–Crippen MR) is 48.3 cm³/mol. The van der Waals surface area contributed by atoms with E-state index in [1.165, 1.54) is 0 Å². The SMILES string of the molecule is CC=CC[C@@H](O)C[C@@H](O)CC(=O)O. The molecule has 76 valence electrons. The van der Waals surface area contributed by atoms with Crippen LogP contribution in [-0.4, -0.2) is 33.5 Å². The van der Waals surface area contributed by atoms with E-state index in [2.05, 4.69) is 0 Å². The van der Waals surface area contributed by atoms with Crippen molar-refractivity contribution in [1.29, 1.82) is 0 Å². The van der Waals surface area contributed by atoms with Gasteiger partial charge in [-0.2, -0.15) is 0 Å². The molecule has 4 nitrogen and oxygen atoms in total. The number of hydrogen-bond donors (Lipinski definition) is 3. The molecule has 0 saturated heterocycles. The molecular weight excluding hydrogens is 172 g/mol. The van der Waals surface area contributed by atoms with Crippen molar-refractivity contribution < 1.29 is 20.1 Å². The molecule has 0 amide bonds. The van der Waals surface area contributed by atoms with Gasteiger partial charge >= 0.3 is 5.97 Å². The maximum atomic E-state index is 10.1. The van der Waals surface area contributed by atoms with Gasteiger partial charge in [0, 0.05) is 6.42 Å². The van der Waals surface area contributed by atoms with Crippen molar-refractivity contribution in [3.8, 4) is 0 Å². The van der Waals surface area contributed by atoms with E-state index in [0.29, 0.717) is 6.42 Å². The van der Waals surface area contributed by atoms with Crippen LogP contribution in [0.25, 0.3) is 0 Å². The Labute approximate surface area is 77.5 Å². The first-order valence-electron chi connectivity index (χ1n) is 4.25. The average Bonchev–Trinajstić information content (AvgIpc) is 1.98. The van der Waals surface area contributed by atoms with E-state index in [4.69, 9.17) is 10.2 Å². The molecule has 0 aliphatic carbocycles. The number of aliphatic carboxylic acids is 1. The van der Waals surface area contributed by atoms with Crippen molar-refractivity contribution in [2.75, 3.05) is 0 Å². The summed E-state index contributed by atoms with van der Waals surface area (Å²) in [4.78, 5) is 10.1. The van der Waals surface area contributed by atoms with E-state index in [1.807, 2.05) is 6.92 Å². The minimum atomic E-state index is -1.05. The maximum absolute atomic E-state index is 10.1. The van der Waals surface area contributed by atoms with Crippen LogP contribution >= 0.6 is 0 Å². The number of carbonyl (C=O) groups is 1. The Balaban J connectivity index is 3.64. The van der Waals surface area contributed by atoms with Crippen molar-refractivity contribution in [3.05, 3.63) is 12.2 Å². The fourth-order valence-electron chi connectivity index (χ4n) is 0.988. The summed E-state index contributed by atoms with van der Waals surface area (Å²) in [6, 6.07) is 0. The zero-order chi connectivity index (χ0) is 10.3. The third kappa shape index (κ3) is 7.49. The van der Waals surface area contributed by atoms with Gasteiger partial charge in [0.1, 0.15) is 0 Å². The fraction of sp³-hybridized carbons (Fsp3) is 0.667. The molecule has 0 aromatic rings. The first-order chi connectivity index (χ1) is 6.06. The number of carboxylic acid groups (broad SMARTS) is 1. The molecule has 0 aliphatic heterocycles. The van der Waals surface area contributed by atoms with Gasteiger partial charge in [-0.25, -0.2) is 0 Å². The van der Waals surface area contributed by atoms with Crippen LogP contribution < -0.4 is 0 Å². The van der Waals surface area contributed by atoms with Crippen molar-refractivity contribution in [3.63, 3.8) is 0 Å². The average molecular weight is 188 g/mol. The Morgan fingerprint density at radius 1 is 1.38 bits per heavy atom. The summed E-state index contributed by atoms with van der Waals surface area (Å²) in [5.74, 6) is -1.05. The van der Waals surface area contributed by atoms with Crippen LogP contribution in [0, 0.1) is 0 Å². The molecule has 4 heteroatoms. The highest BCUT2D eigenvalue weighted by atomic mass is 16.4. The van der Waals surface area contributed by atoms with Gasteiger partial charge in [-0.1, -0.05) is 12.2 Å². The van der Waals surface area contributed by atoms with Gasteiger partial charge in [0.25, 0.3) is 0 Å². The zero-order valence-electron chi connectivity index (χ0n) is 7.68. The van der Waals surface area contributed by atoms with Gasteiger partial charge in [-0.15, -0.1) is 0 Å². The second kappa shape index (κ2) is 6.62. The molecule has 0 spiro atoms. The molecule has 0 bridgehead atoms. The molecule has 13 heavy (non-hydrogen) atoms. The normalized spacial score (nSPS) is 15.9. The molecule has 0 aromatic heterocycles. The largest absolute Gasteiger partial charge is 0.481 e. The van der Waals surface area contributed by atoms with Crippen LogP contribution in [0.5, 0.6) is 0 Å². The molecule has 0 unspecified atom stereocenters. The minimum Gasteiger partial charge on any atom is -0.481 e. The van der Waals surface area contributed by atoms with Gasteiger partial charge in [-0.3, -0.25) is 4.79 Å². The molecular formula is C9H16O4. The highest BCUT2D eigenvalue weighted by molar-refractivity contribution is 5.67. The standard InChI is InChI=1S/C9H16O4/c1-2-3-4-7(10)5-8(11)6-9(12)13/h2-3,7-8,10-11H,4-6H2,1H3,(H,12,13)/t7-,8-/m1/s1. The number of rotatable bonds is 6. The molecule has 0 aromatic carbocycles. The lowest BCUT2D eigenvalue weighted by atomic mass is 10.1. The van der Waals surface area contributed by atoms with Crippen molar-refractivity contribution >= 4 is 5.97 Å². The quantitative estimate of drug-likeness (QED) is 0.531. The van der Waals surface area contributed by atoms with E-state index in [1.54, 1.807) is 12.2 Å². The lowest BCUT2D eigenvalue weighted by Gasteiger charge is -2.11. The Hall–Kier alpha value is -0.870. The van der Waals surface area contributed by atoms with E-state index in [-0.39, 0.29) is 12.8 Å². The van der Waals surface area contributed by atoms with Crippen LogP contribution in [0.3, 0.4) is 0 Å². The van der Waals surface area contributed by atoms with Gasteiger partial charge in [0.15, 0.2) is 0 Å². The summed E-state index contributed by atoms with van der Waals surface area (Å²) >= 11 is 0. The number of hydrogen-bond acceptors (Lipinski definition) is 3. The molecule has 0 radical (unpaired) electrons. The van der Waals surface area contributed by atoms with E-state index >= 15 is 0 Å². The Bertz CT molecular complexity index is 176. The summed E-state index contributed by atoms with van der Waals surface area (Å²) in [7, 11) is 0. The Morgan fingerprint density at radius 3 is 2.46 bits per heavy atom. The molecule has 0 heterocycles. The van der Waals surface area contributed by atoms with Crippen molar-refractivity contribution in [1.82, 2.24) is 0 Å². The molecule has 0 aliphatic rings. The van der Waals surface area contributed by atoms with Crippen LogP contribution in [-0.2, 0) is 4.79 Å². The van der Waals surface area contributed by atoms with Gasteiger partial charge in [-0.05, 0) is 13.3 Å². The summed E-state index contributed by atoms with van der Waals surface area (Å²) in [6.45, 7) is 1.83. The van der Waals surface area contributed by atoms with Gasteiger partial charge < -0.3 is 15.3 Å². The number of carboxylic acids is 1. The summed E-state index contributed by atoms with van der Waals surface area (Å²) < 4.78 is 0. The molecule has 0 fully saturated rings. The molecule has 0 saturated carbocycles. The fourth-order valence-corrected chi connectivity index (χ4v) is 0.988. The second-order valence-corrected chi connectivity index (χ2v) is 2.95. The lowest BCUT2D eigenvalue weighted by molar-refractivity contribution is -0.139. The maximum Gasteiger partial charge on any atom is 0.305 e. The smallest absolute Gasteiger partial charge is 0.305 e. The number of allylic oxidation sites excluding steroid dienone is 1. The van der Waals surface area contributed by atoms with Crippen molar-refractivity contribution in [2.45, 2.75) is 38.4 Å². The monoisotopic (exact) mass is 188 g/mol. The zero-order valence-corrected chi connectivity index (χ0v) is 7.68. The highest BCUT2D eigenvalue weighted by Crippen LogP contribution is 2.06. The minimum absolute atomic E-state index is 0.108. The van der Waals surface area contributed by atoms with Crippen LogP contribution in [0.1, 0.15) is 26.2 Å². The topological polar surface area (TPSA) is 77.8 Å². The second-order valence-electron chi connectivity index (χ2n) is 2.95. The third-order valence-electron chi connectivity index (χ3n) is 1.60. The van der Waals surface area contributed by atoms with Gasteiger partial charge in [0.05, 0.1) is 18.6 Å². The predicted octanol–water partition coefficient (Wildman–Crippen LogP) is 0.539. The first kappa shape index (κ1) is 12.1. The Morgan fingerprint density at radius 2 is 2.00 bits per heavy atom. The first-order valence-corrected chi connectivity index (χ1v) is 4.25. The van der Waals surface area contributed by atoms with E-state index < -0.39 is 18.2 Å². The van der Waals surface area contributed by atoms with Crippen molar-refractivity contribution in [2.24, 2.45) is 0 Å². The number of aliphatic hydroxyl groups excluding tert-OH is 2. The Kier molecular flexibility index (Phi) is 6.18. The van der Waals surface area contributed by atoms with Crippen LogP contribution in [0.15, 0.2) is 12.2 Å². The van der Waals surface area contributed by atoms with E-state index in [0.717, 1.165) is 0 Å². The van der Waals surface area contributed by atoms with E-state index in [9.17, 15) is 9.90 Å². The highest BCUT2D eigenvalue weighted by Gasteiger charge is 2.13. The number of aliphatic hydroxyl groups is 2. The summed E-state index contributed by atoms with van der Waals surface area (Å²) in [5.41, 5.74) is 0. The third-order valence-corrected chi connectivity index (χ3v) is 1.60. The van der Waals surface area contributed by atoms with Crippen LogP contribution in [0.4, 0.5) is 0 Å². The molecule has 2 atom stereocenters. The summed E-state index contributed by atoms with van der Waals surface area (Å²) in [6.07, 6.45) is 2.20. The lowest BCUT2D eigenvalue weighted by Crippen LogP contribution is -2.20. The van der Waals surface area contributed by atoms with Gasteiger partial charge in [0.2, 0.25) is 0 Å². The molecule has 3 N–H and O–H groups in total. The summed E-state index contributed by atoms with van der Waals surface area (Å²) in [5, 5.41) is 26.7. The van der Waals surface area contributed by atoms with Crippen LogP contribution in [0.2, 0.25) is 0 Å². The molecule has 0 rings (SSSR count).